The molecule has 0 saturated carbocycles. The lowest BCUT2D eigenvalue weighted by molar-refractivity contribution is 0.102. The van der Waals surface area contributed by atoms with E-state index in [1.807, 2.05) is 31.4 Å². The fourth-order valence-corrected chi connectivity index (χ4v) is 4.00. The third-order valence-corrected chi connectivity index (χ3v) is 4.90. The molecular formula is C21H22N2OS. The predicted octanol–water partition coefficient (Wildman–Crippen LogP) is 5.60. The van der Waals surface area contributed by atoms with E-state index in [-0.39, 0.29) is 5.91 Å². The van der Waals surface area contributed by atoms with Crippen LogP contribution in [0.3, 0.4) is 0 Å². The summed E-state index contributed by atoms with van der Waals surface area (Å²) in [7, 11) is 0. The monoisotopic (exact) mass is 350 g/mol. The van der Waals surface area contributed by atoms with Crippen molar-refractivity contribution in [1.29, 1.82) is 0 Å². The van der Waals surface area contributed by atoms with Gasteiger partial charge in [-0.15, -0.1) is 11.3 Å². The Kier molecular flexibility index (Phi) is 4.73. The number of rotatable bonds is 3. The molecule has 1 amide bonds. The average molecular weight is 350 g/mol. The van der Waals surface area contributed by atoms with Crippen molar-refractivity contribution < 1.29 is 4.79 Å². The van der Waals surface area contributed by atoms with Gasteiger partial charge in [0.25, 0.3) is 5.91 Å². The highest BCUT2D eigenvalue weighted by molar-refractivity contribution is 7.14. The van der Waals surface area contributed by atoms with Crippen LogP contribution in [-0.2, 0) is 0 Å². The second-order valence-corrected chi connectivity index (χ2v) is 7.50. The third kappa shape index (κ3) is 3.80. The number of hydrogen-bond donors (Lipinski definition) is 1. The standard InChI is InChI=1S/C21H22N2OS/c1-12-6-13(2)10-17(9-12)20(24)23-21-22-18(11-25-21)19-15(4)7-14(3)8-16(19)5/h6-11H,1-5H3,(H,22,23,24). The van der Waals surface area contributed by atoms with Crippen molar-refractivity contribution in [3.05, 3.63) is 69.1 Å². The quantitative estimate of drug-likeness (QED) is 0.667. The first kappa shape index (κ1) is 17.4. The van der Waals surface area contributed by atoms with Crippen molar-refractivity contribution in [3.63, 3.8) is 0 Å². The molecule has 0 radical (unpaired) electrons. The van der Waals surface area contributed by atoms with E-state index < -0.39 is 0 Å². The SMILES string of the molecule is Cc1cc(C)cc(C(=O)Nc2nc(-c3c(C)cc(C)cc3C)cs2)c1. The van der Waals surface area contributed by atoms with Gasteiger partial charge in [-0.3, -0.25) is 10.1 Å². The van der Waals surface area contributed by atoms with Gasteiger partial charge in [-0.05, 0) is 57.9 Å². The van der Waals surface area contributed by atoms with E-state index in [0.717, 1.165) is 22.4 Å². The summed E-state index contributed by atoms with van der Waals surface area (Å²) >= 11 is 1.45. The lowest BCUT2D eigenvalue weighted by Gasteiger charge is -2.09. The molecule has 0 atom stereocenters. The number of benzene rings is 2. The minimum Gasteiger partial charge on any atom is -0.298 e. The van der Waals surface area contributed by atoms with E-state index in [1.54, 1.807) is 0 Å². The first-order valence-electron chi connectivity index (χ1n) is 8.27. The minimum atomic E-state index is -0.120. The second-order valence-electron chi connectivity index (χ2n) is 6.64. The molecule has 0 unspecified atom stereocenters. The smallest absolute Gasteiger partial charge is 0.257 e. The van der Waals surface area contributed by atoms with Gasteiger partial charge in [0.2, 0.25) is 0 Å². The number of thiazole rings is 1. The number of aryl methyl sites for hydroxylation is 5. The second kappa shape index (κ2) is 6.81. The molecule has 0 fully saturated rings. The zero-order valence-electron chi connectivity index (χ0n) is 15.2. The maximum atomic E-state index is 12.5. The number of carbonyl (C=O) groups is 1. The summed E-state index contributed by atoms with van der Waals surface area (Å²) in [6, 6.07) is 10.2. The molecular weight excluding hydrogens is 328 g/mol. The van der Waals surface area contributed by atoms with Crippen molar-refractivity contribution in [2.75, 3.05) is 5.32 Å². The number of aromatic nitrogens is 1. The lowest BCUT2D eigenvalue weighted by Crippen LogP contribution is -2.12. The van der Waals surface area contributed by atoms with Crippen LogP contribution >= 0.6 is 11.3 Å². The van der Waals surface area contributed by atoms with Gasteiger partial charge in [0.05, 0.1) is 5.69 Å². The molecule has 1 N–H and O–H groups in total. The van der Waals surface area contributed by atoms with Crippen molar-refractivity contribution in [2.45, 2.75) is 34.6 Å². The van der Waals surface area contributed by atoms with Crippen molar-refractivity contribution >= 4 is 22.4 Å². The van der Waals surface area contributed by atoms with Crippen LogP contribution in [0.2, 0.25) is 0 Å². The Hall–Kier alpha value is -2.46. The molecule has 4 heteroatoms. The van der Waals surface area contributed by atoms with E-state index in [4.69, 9.17) is 0 Å². The lowest BCUT2D eigenvalue weighted by atomic mass is 9.98. The predicted molar refractivity (Wildman–Crippen MR) is 106 cm³/mol. The molecule has 128 valence electrons. The largest absolute Gasteiger partial charge is 0.298 e. The van der Waals surface area contributed by atoms with Crippen molar-refractivity contribution in [3.8, 4) is 11.3 Å². The third-order valence-electron chi connectivity index (χ3n) is 4.14. The first-order chi connectivity index (χ1) is 11.8. The molecule has 0 aliphatic carbocycles. The van der Waals surface area contributed by atoms with Gasteiger partial charge in [-0.25, -0.2) is 4.98 Å². The highest BCUT2D eigenvalue weighted by atomic mass is 32.1. The van der Waals surface area contributed by atoms with Gasteiger partial charge in [-0.2, -0.15) is 0 Å². The van der Waals surface area contributed by atoms with Crippen LogP contribution in [0.4, 0.5) is 5.13 Å². The number of amides is 1. The van der Waals surface area contributed by atoms with Gasteiger partial charge in [-0.1, -0.05) is 34.9 Å². The maximum Gasteiger partial charge on any atom is 0.257 e. The molecule has 0 bridgehead atoms. The van der Waals surface area contributed by atoms with Crippen LogP contribution in [0.5, 0.6) is 0 Å². The molecule has 2 aromatic carbocycles. The Bertz CT molecular complexity index is 913. The van der Waals surface area contributed by atoms with Crippen LogP contribution in [0.1, 0.15) is 38.2 Å². The zero-order valence-corrected chi connectivity index (χ0v) is 16.0. The molecule has 0 aliphatic rings. The number of hydrogen-bond acceptors (Lipinski definition) is 3. The Balaban J connectivity index is 1.86. The van der Waals surface area contributed by atoms with Gasteiger partial charge < -0.3 is 0 Å². The van der Waals surface area contributed by atoms with Gasteiger partial charge in [0.15, 0.2) is 5.13 Å². The maximum absolute atomic E-state index is 12.5. The van der Waals surface area contributed by atoms with Gasteiger partial charge >= 0.3 is 0 Å². The van der Waals surface area contributed by atoms with Crippen LogP contribution < -0.4 is 5.32 Å². The Labute approximate surface area is 152 Å². The number of carbonyl (C=O) groups excluding carboxylic acids is 1. The average Bonchev–Trinajstić information content (AvgIpc) is 2.93. The normalized spacial score (nSPS) is 10.8. The molecule has 0 aliphatic heterocycles. The summed E-state index contributed by atoms with van der Waals surface area (Å²) in [4.78, 5) is 17.1. The fraction of sp³-hybridized carbons (Fsp3) is 0.238. The highest BCUT2D eigenvalue weighted by Crippen LogP contribution is 2.31. The number of anilines is 1. The summed E-state index contributed by atoms with van der Waals surface area (Å²) in [5.41, 5.74) is 8.54. The molecule has 25 heavy (non-hydrogen) atoms. The molecule has 0 spiro atoms. The Morgan fingerprint density at radius 1 is 0.880 bits per heavy atom. The molecule has 0 saturated heterocycles. The highest BCUT2D eigenvalue weighted by Gasteiger charge is 2.13. The first-order valence-corrected chi connectivity index (χ1v) is 9.15. The van der Waals surface area contributed by atoms with Crippen LogP contribution in [0.15, 0.2) is 35.7 Å². The molecule has 1 heterocycles. The summed E-state index contributed by atoms with van der Waals surface area (Å²) in [6.45, 7) is 10.3. The number of nitrogens with one attached hydrogen (secondary N) is 1. The molecule has 3 nitrogen and oxygen atoms in total. The van der Waals surface area contributed by atoms with Crippen molar-refractivity contribution in [1.82, 2.24) is 4.98 Å². The van der Waals surface area contributed by atoms with Gasteiger partial charge in [0.1, 0.15) is 0 Å². The van der Waals surface area contributed by atoms with Crippen LogP contribution in [0.25, 0.3) is 11.3 Å². The Morgan fingerprint density at radius 2 is 1.44 bits per heavy atom. The van der Waals surface area contributed by atoms with E-state index in [9.17, 15) is 4.79 Å². The van der Waals surface area contributed by atoms with E-state index in [2.05, 4.69) is 49.3 Å². The van der Waals surface area contributed by atoms with Crippen LogP contribution in [-0.4, -0.2) is 10.9 Å². The van der Waals surface area contributed by atoms with Crippen LogP contribution in [0, 0.1) is 34.6 Å². The summed E-state index contributed by atoms with van der Waals surface area (Å²) in [5.74, 6) is -0.120. The molecule has 3 rings (SSSR count). The molecule has 1 aromatic heterocycles. The summed E-state index contributed by atoms with van der Waals surface area (Å²) in [5, 5.41) is 5.55. The topological polar surface area (TPSA) is 42.0 Å². The minimum absolute atomic E-state index is 0.120. The fourth-order valence-electron chi connectivity index (χ4n) is 3.31. The number of nitrogens with zero attached hydrogens (tertiary/aromatic N) is 1. The van der Waals surface area contributed by atoms with Gasteiger partial charge in [0, 0.05) is 16.5 Å². The molecule has 3 aromatic rings. The van der Waals surface area contributed by atoms with E-state index >= 15 is 0 Å². The summed E-state index contributed by atoms with van der Waals surface area (Å²) in [6.07, 6.45) is 0. The summed E-state index contributed by atoms with van der Waals surface area (Å²) < 4.78 is 0. The Morgan fingerprint density at radius 3 is 2.04 bits per heavy atom. The van der Waals surface area contributed by atoms with E-state index in [1.165, 1.54) is 28.0 Å². The van der Waals surface area contributed by atoms with Crippen molar-refractivity contribution in [2.24, 2.45) is 0 Å². The zero-order chi connectivity index (χ0) is 18.1. The van der Waals surface area contributed by atoms with E-state index in [0.29, 0.717) is 10.7 Å².